The molecule has 0 fully saturated rings. The second-order valence-electron chi connectivity index (χ2n) is 13.0. The van der Waals surface area contributed by atoms with Crippen molar-refractivity contribution in [1.82, 2.24) is 4.57 Å². The van der Waals surface area contributed by atoms with E-state index in [1.165, 1.54) is 27.6 Å². The third kappa shape index (κ3) is 5.52. The molecule has 0 radical (unpaired) electrons. The molecule has 5 aromatic rings. The molecule has 4 aromatic carbocycles. The van der Waals surface area contributed by atoms with E-state index in [-0.39, 0.29) is 6.04 Å². The Morgan fingerprint density at radius 3 is 2.42 bits per heavy atom. The zero-order valence-electron chi connectivity index (χ0n) is 28.0. The van der Waals surface area contributed by atoms with E-state index < -0.39 is 0 Å². The molecule has 3 aliphatic carbocycles. The van der Waals surface area contributed by atoms with E-state index in [0.717, 1.165) is 64.1 Å². The highest BCUT2D eigenvalue weighted by Gasteiger charge is 2.24. The molecule has 0 saturated carbocycles. The summed E-state index contributed by atoms with van der Waals surface area (Å²) in [6.45, 7) is 2.16. The number of fused-ring (bicyclic) bond motifs is 3. The summed E-state index contributed by atoms with van der Waals surface area (Å²) < 4.78 is 2.29. The highest BCUT2D eigenvalue weighted by molar-refractivity contribution is 5.94. The molecule has 8 rings (SSSR count). The van der Waals surface area contributed by atoms with Crippen LogP contribution in [0, 0.1) is 29.6 Å². The molecule has 3 aliphatic rings. The summed E-state index contributed by atoms with van der Waals surface area (Å²) in [5.41, 5.74) is 14.0. The van der Waals surface area contributed by atoms with Crippen LogP contribution in [0.1, 0.15) is 52.8 Å². The minimum Gasteiger partial charge on any atom is -0.378 e. The van der Waals surface area contributed by atoms with Crippen LogP contribution in [-0.4, -0.2) is 10.6 Å². The number of nitrogens with zero attached hydrogens (tertiary/aromatic N) is 3. The van der Waals surface area contributed by atoms with E-state index in [9.17, 15) is 10.5 Å². The van der Waals surface area contributed by atoms with Crippen molar-refractivity contribution < 1.29 is 0 Å². The van der Waals surface area contributed by atoms with Crippen LogP contribution in [0.3, 0.4) is 0 Å². The first kappa shape index (κ1) is 30.9. The minimum absolute atomic E-state index is 0.0989. The number of hydrogen-bond donors (Lipinski definition) is 1. The molecule has 1 atom stereocenters. The van der Waals surface area contributed by atoms with Crippen molar-refractivity contribution in [2.24, 2.45) is 0 Å². The van der Waals surface area contributed by atoms with Crippen LogP contribution in [0.2, 0.25) is 0 Å². The van der Waals surface area contributed by atoms with Gasteiger partial charge in [-0.1, -0.05) is 103 Å². The Hall–Kier alpha value is -6.36. The number of rotatable bonds is 6. The Morgan fingerprint density at radius 2 is 1.56 bits per heavy atom. The van der Waals surface area contributed by atoms with Crippen molar-refractivity contribution >= 4 is 28.2 Å². The van der Waals surface area contributed by atoms with Gasteiger partial charge in [0.25, 0.3) is 0 Å². The highest BCUT2D eigenvalue weighted by atomic mass is 15.0. The predicted molar refractivity (Wildman–Crippen MR) is 206 cm³/mol. The van der Waals surface area contributed by atoms with Gasteiger partial charge >= 0.3 is 0 Å². The Morgan fingerprint density at radius 1 is 0.760 bits per heavy atom. The fourth-order valence-electron chi connectivity index (χ4n) is 7.64. The van der Waals surface area contributed by atoms with E-state index in [2.05, 4.69) is 156 Å². The molecule has 0 bridgehead atoms. The number of allylic oxidation sites excluding steroid dienone is 9. The average Bonchev–Trinajstić information content (AvgIpc) is 3.29. The zero-order valence-corrected chi connectivity index (χ0v) is 28.0. The lowest BCUT2D eigenvalue weighted by atomic mass is 9.90. The molecule has 240 valence electrons. The normalized spacial score (nSPS) is 16.5. The third-order valence-electron chi connectivity index (χ3n) is 9.99. The van der Waals surface area contributed by atoms with Crippen molar-refractivity contribution in [3.63, 3.8) is 0 Å². The van der Waals surface area contributed by atoms with Gasteiger partial charge in [-0.05, 0) is 102 Å². The number of aryl methyl sites for hydroxylation is 2. The predicted octanol–water partition coefficient (Wildman–Crippen LogP) is 10.9. The van der Waals surface area contributed by atoms with E-state index >= 15 is 0 Å². The van der Waals surface area contributed by atoms with E-state index in [1.54, 1.807) is 6.07 Å². The maximum absolute atomic E-state index is 10.6. The Bertz CT molecular complexity index is 2440. The summed E-state index contributed by atoms with van der Waals surface area (Å²) in [5, 5.41) is 25.8. The Balaban J connectivity index is 1.22. The monoisotopic (exact) mass is 644 g/mol. The van der Waals surface area contributed by atoms with Gasteiger partial charge in [-0.3, -0.25) is 0 Å². The molecule has 1 aromatic heterocycles. The molecule has 1 heterocycles. The largest absolute Gasteiger partial charge is 0.378 e. The minimum atomic E-state index is 0.0989. The van der Waals surface area contributed by atoms with Crippen LogP contribution >= 0.6 is 0 Å². The molecule has 0 spiro atoms. The van der Waals surface area contributed by atoms with Gasteiger partial charge in [0.05, 0.1) is 22.3 Å². The van der Waals surface area contributed by atoms with Crippen LogP contribution in [0.25, 0.3) is 39.4 Å². The SMILES string of the molecule is Cc1ccccc1-c1ccccc1NC1C=C(C2=CC(c3c(-n4c5c(c6ccccc64)CCC=C5)ccc(C#N)c3C#N)=CCC=C2)C=CC1. The van der Waals surface area contributed by atoms with E-state index in [4.69, 9.17) is 0 Å². The van der Waals surface area contributed by atoms with Gasteiger partial charge in [0.15, 0.2) is 0 Å². The quantitative estimate of drug-likeness (QED) is 0.200. The number of para-hydroxylation sites is 2. The summed E-state index contributed by atoms with van der Waals surface area (Å²) in [4.78, 5) is 0. The van der Waals surface area contributed by atoms with E-state index in [1.807, 2.05) is 6.07 Å². The average molecular weight is 645 g/mol. The third-order valence-corrected chi connectivity index (χ3v) is 9.99. The fraction of sp³-hybridized carbons (Fsp3) is 0.130. The maximum Gasteiger partial charge on any atom is 0.101 e. The topological polar surface area (TPSA) is 64.5 Å². The molecule has 4 heteroatoms. The first-order chi connectivity index (χ1) is 24.6. The number of nitriles is 2. The van der Waals surface area contributed by atoms with Crippen LogP contribution in [0.5, 0.6) is 0 Å². The molecule has 1 unspecified atom stereocenters. The van der Waals surface area contributed by atoms with Gasteiger partial charge in [-0.15, -0.1) is 0 Å². The molecule has 1 N–H and O–H groups in total. The number of nitrogens with one attached hydrogen (secondary N) is 1. The molecular weight excluding hydrogens is 609 g/mol. The van der Waals surface area contributed by atoms with Gasteiger partial charge in [-0.25, -0.2) is 0 Å². The second kappa shape index (κ2) is 13.3. The van der Waals surface area contributed by atoms with Crippen molar-refractivity contribution in [1.29, 1.82) is 10.5 Å². The zero-order chi connectivity index (χ0) is 34.0. The molecule has 0 amide bonds. The van der Waals surface area contributed by atoms with E-state index in [0.29, 0.717) is 17.5 Å². The van der Waals surface area contributed by atoms with Crippen LogP contribution in [0.15, 0.2) is 145 Å². The fourth-order valence-corrected chi connectivity index (χ4v) is 7.64. The molecule has 0 saturated heterocycles. The van der Waals surface area contributed by atoms with Gasteiger partial charge in [0.2, 0.25) is 0 Å². The lowest BCUT2D eigenvalue weighted by molar-refractivity contribution is 0.875. The first-order valence-corrected chi connectivity index (χ1v) is 17.3. The van der Waals surface area contributed by atoms with Crippen molar-refractivity contribution in [3.05, 3.63) is 178 Å². The molecule has 50 heavy (non-hydrogen) atoms. The van der Waals surface area contributed by atoms with Crippen molar-refractivity contribution in [2.75, 3.05) is 5.32 Å². The summed E-state index contributed by atoms with van der Waals surface area (Å²) in [7, 11) is 0. The Kier molecular flexibility index (Phi) is 8.21. The standard InChI is InChI=1S/C46H36N4/c1-31-13-2-5-18-37(31)38-19-6-9-22-42(38)49-36-17-12-16-33(28-36)32-14-3-4-15-34(27-32)46-41(30-48)35(29-47)25-26-45(46)50-43-23-10-7-20-39(43)40-21-8-11-24-44(40)50/h2-3,5-7,9-16,18-20,22-28,36,49H,4,8,17,21H2,1H3. The number of benzene rings is 4. The lowest BCUT2D eigenvalue weighted by Crippen LogP contribution is -2.19. The maximum atomic E-state index is 10.6. The summed E-state index contributed by atoms with van der Waals surface area (Å²) in [5.74, 6) is 0. The number of anilines is 1. The molecule has 0 aliphatic heterocycles. The summed E-state index contributed by atoms with van der Waals surface area (Å²) >= 11 is 0. The first-order valence-electron chi connectivity index (χ1n) is 17.3. The Labute approximate surface area is 293 Å². The van der Waals surface area contributed by atoms with Crippen LogP contribution < -0.4 is 5.32 Å². The van der Waals surface area contributed by atoms with Gasteiger partial charge in [-0.2, -0.15) is 10.5 Å². The highest BCUT2D eigenvalue weighted by Crippen LogP contribution is 2.40. The molecule has 4 nitrogen and oxygen atoms in total. The summed E-state index contributed by atoms with van der Waals surface area (Å²) in [6, 6.07) is 34.2. The van der Waals surface area contributed by atoms with Crippen molar-refractivity contribution in [2.45, 2.75) is 38.6 Å². The van der Waals surface area contributed by atoms with Crippen molar-refractivity contribution in [3.8, 4) is 29.0 Å². The summed E-state index contributed by atoms with van der Waals surface area (Å²) in [6.07, 6.45) is 23.5. The van der Waals surface area contributed by atoms with Crippen LogP contribution in [-0.2, 0) is 6.42 Å². The number of hydrogen-bond acceptors (Lipinski definition) is 3. The lowest BCUT2D eigenvalue weighted by Gasteiger charge is -2.23. The van der Waals surface area contributed by atoms with Gasteiger partial charge < -0.3 is 9.88 Å². The number of aromatic nitrogens is 1. The second-order valence-corrected chi connectivity index (χ2v) is 13.0. The molecular formula is C46H36N4. The van der Waals surface area contributed by atoms with Gasteiger partial charge in [0.1, 0.15) is 12.1 Å². The smallest absolute Gasteiger partial charge is 0.101 e. The van der Waals surface area contributed by atoms with Gasteiger partial charge in [0, 0.05) is 33.9 Å². The van der Waals surface area contributed by atoms with Crippen LogP contribution in [0.4, 0.5) is 5.69 Å².